The van der Waals surface area contributed by atoms with Crippen molar-refractivity contribution in [3.8, 4) is 11.4 Å². The minimum Gasteiger partial charge on any atom is -0.495 e. The smallest absolute Gasteiger partial charge is 0.340 e. The van der Waals surface area contributed by atoms with Crippen LogP contribution in [-0.2, 0) is 14.8 Å². The highest BCUT2D eigenvalue weighted by atomic mass is 35.5. The zero-order valence-corrected chi connectivity index (χ0v) is 16.8. The van der Waals surface area contributed by atoms with E-state index in [0.717, 1.165) is 25.4 Å². The summed E-state index contributed by atoms with van der Waals surface area (Å²) in [5.74, 6) is -1.94. The maximum Gasteiger partial charge on any atom is 0.340 e. The van der Waals surface area contributed by atoms with E-state index in [1.165, 1.54) is 18.0 Å². The number of carbonyl (C=O) groups is 1. The standard InChI is InChI=1S/C18H15ClFN3O5S/c1-27-17-7-14(18(24)28-2)15(20)8-16(17)22-29(25,26)13-9-21-23(10-13)12-5-3-11(19)4-6-12/h3-10,22H,1-2H3. The van der Waals surface area contributed by atoms with Crippen molar-refractivity contribution in [3.05, 3.63) is 65.2 Å². The molecule has 0 aliphatic heterocycles. The number of ether oxygens (including phenoxy) is 2. The van der Waals surface area contributed by atoms with Crippen LogP contribution >= 0.6 is 11.6 Å². The largest absolute Gasteiger partial charge is 0.495 e. The lowest BCUT2D eigenvalue weighted by Crippen LogP contribution is -2.14. The molecule has 0 bridgehead atoms. The Bertz CT molecular complexity index is 1160. The molecule has 0 atom stereocenters. The summed E-state index contributed by atoms with van der Waals surface area (Å²) in [6.07, 6.45) is 2.43. The van der Waals surface area contributed by atoms with Gasteiger partial charge in [-0.05, 0) is 30.3 Å². The molecule has 0 saturated carbocycles. The lowest BCUT2D eigenvalue weighted by molar-refractivity contribution is 0.0595. The van der Waals surface area contributed by atoms with E-state index in [4.69, 9.17) is 16.3 Å². The molecule has 0 amide bonds. The molecule has 0 radical (unpaired) electrons. The molecule has 3 aromatic rings. The number of halogens is 2. The number of hydrogen-bond donors (Lipinski definition) is 1. The zero-order valence-electron chi connectivity index (χ0n) is 15.2. The van der Waals surface area contributed by atoms with Gasteiger partial charge in [0.05, 0.1) is 43.6 Å². The van der Waals surface area contributed by atoms with Crippen molar-refractivity contribution in [2.24, 2.45) is 0 Å². The fourth-order valence-corrected chi connectivity index (χ4v) is 3.57. The summed E-state index contributed by atoms with van der Waals surface area (Å²) in [7, 11) is -1.76. The highest BCUT2D eigenvalue weighted by molar-refractivity contribution is 7.92. The predicted molar refractivity (Wildman–Crippen MR) is 104 cm³/mol. The summed E-state index contributed by atoms with van der Waals surface area (Å²) in [5, 5.41) is 4.55. The van der Waals surface area contributed by atoms with Gasteiger partial charge in [-0.25, -0.2) is 22.3 Å². The van der Waals surface area contributed by atoms with Crippen LogP contribution in [0.5, 0.6) is 5.75 Å². The van der Waals surface area contributed by atoms with Crippen LogP contribution in [0.1, 0.15) is 10.4 Å². The number of rotatable bonds is 6. The number of sulfonamides is 1. The number of hydrogen-bond acceptors (Lipinski definition) is 6. The van der Waals surface area contributed by atoms with Gasteiger partial charge >= 0.3 is 5.97 Å². The van der Waals surface area contributed by atoms with Crippen molar-refractivity contribution in [1.29, 1.82) is 0 Å². The SMILES string of the molecule is COC(=O)c1cc(OC)c(NS(=O)(=O)c2cnn(-c3ccc(Cl)cc3)c2)cc1F. The minimum atomic E-state index is -4.12. The molecule has 0 unspecified atom stereocenters. The van der Waals surface area contributed by atoms with Crippen molar-refractivity contribution in [1.82, 2.24) is 9.78 Å². The van der Waals surface area contributed by atoms with Gasteiger partial charge < -0.3 is 9.47 Å². The Morgan fingerprint density at radius 1 is 1.21 bits per heavy atom. The van der Waals surface area contributed by atoms with Crippen LogP contribution in [0.15, 0.2) is 53.7 Å². The van der Waals surface area contributed by atoms with Crippen LogP contribution in [0.3, 0.4) is 0 Å². The van der Waals surface area contributed by atoms with Crippen molar-refractivity contribution in [3.63, 3.8) is 0 Å². The highest BCUT2D eigenvalue weighted by Gasteiger charge is 2.22. The van der Waals surface area contributed by atoms with Gasteiger partial charge in [-0.15, -0.1) is 0 Å². The van der Waals surface area contributed by atoms with Crippen molar-refractivity contribution in [2.75, 3.05) is 18.9 Å². The third kappa shape index (κ3) is 4.33. The number of aromatic nitrogens is 2. The first-order valence-corrected chi connectivity index (χ1v) is 9.90. The Kier molecular flexibility index (Phi) is 5.76. The molecule has 0 aliphatic carbocycles. The van der Waals surface area contributed by atoms with Gasteiger partial charge in [0.1, 0.15) is 16.5 Å². The van der Waals surface area contributed by atoms with Crippen LogP contribution in [-0.4, -0.2) is 38.4 Å². The van der Waals surface area contributed by atoms with Crippen molar-refractivity contribution in [2.45, 2.75) is 4.90 Å². The number of methoxy groups -OCH3 is 2. The minimum absolute atomic E-state index is 0.0551. The van der Waals surface area contributed by atoms with E-state index >= 15 is 0 Å². The quantitative estimate of drug-likeness (QED) is 0.592. The normalized spacial score (nSPS) is 11.2. The molecule has 152 valence electrons. The average Bonchev–Trinajstić information content (AvgIpc) is 3.19. The summed E-state index contributed by atoms with van der Waals surface area (Å²) in [5.41, 5.74) is 0.0293. The van der Waals surface area contributed by atoms with Crippen molar-refractivity contribution >= 4 is 33.3 Å². The van der Waals surface area contributed by atoms with Gasteiger partial charge in [0.25, 0.3) is 10.0 Å². The molecule has 1 heterocycles. The summed E-state index contributed by atoms with van der Waals surface area (Å²) in [6.45, 7) is 0. The average molecular weight is 440 g/mol. The molecule has 2 aromatic carbocycles. The molecule has 8 nitrogen and oxygen atoms in total. The van der Waals surface area contributed by atoms with Gasteiger partial charge in [-0.2, -0.15) is 5.10 Å². The first-order valence-electron chi connectivity index (χ1n) is 8.04. The Morgan fingerprint density at radius 2 is 1.90 bits per heavy atom. The topological polar surface area (TPSA) is 99.5 Å². The third-order valence-corrected chi connectivity index (χ3v) is 5.47. The number of benzene rings is 2. The second-order valence-electron chi connectivity index (χ2n) is 5.73. The maximum atomic E-state index is 14.2. The zero-order chi connectivity index (χ0) is 21.2. The molecular formula is C18H15ClFN3O5S. The molecular weight excluding hydrogens is 425 g/mol. The molecule has 0 fully saturated rings. The summed E-state index contributed by atoms with van der Waals surface area (Å²) < 4.78 is 52.8. The Balaban J connectivity index is 1.93. The van der Waals surface area contributed by atoms with E-state index < -0.39 is 21.8 Å². The Labute approximate surface area is 170 Å². The maximum absolute atomic E-state index is 14.2. The van der Waals surface area contributed by atoms with Crippen LogP contribution in [0.25, 0.3) is 5.69 Å². The molecule has 0 spiro atoms. The molecule has 0 saturated heterocycles. The van der Waals surface area contributed by atoms with E-state index in [-0.39, 0.29) is 21.9 Å². The second-order valence-corrected chi connectivity index (χ2v) is 7.85. The third-order valence-electron chi connectivity index (χ3n) is 3.90. The summed E-state index contributed by atoms with van der Waals surface area (Å²) in [4.78, 5) is 11.4. The Morgan fingerprint density at radius 3 is 2.52 bits per heavy atom. The first kappa shape index (κ1) is 20.6. The van der Waals surface area contributed by atoms with Gasteiger partial charge in [-0.1, -0.05) is 11.6 Å². The fraction of sp³-hybridized carbons (Fsp3) is 0.111. The second kappa shape index (κ2) is 8.10. The number of anilines is 1. The summed E-state index contributed by atoms with van der Waals surface area (Å²) in [6, 6.07) is 8.51. The first-order chi connectivity index (χ1) is 13.7. The molecule has 29 heavy (non-hydrogen) atoms. The monoisotopic (exact) mass is 439 g/mol. The number of carbonyl (C=O) groups excluding carboxylic acids is 1. The fourth-order valence-electron chi connectivity index (χ4n) is 2.45. The molecule has 1 aromatic heterocycles. The van der Waals surface area contributed by atoms with Gasteiger partial charge in [-0.3, -0.25) is 4.72 Å². The molecule has 3 rings (SSSR count). The van der Waals surface area contributed by atoms with Gasteiger partial charge in [0.2, 0.25) is 0 Å². The highest BCUT2D eigenvalue weighted by Crippen LogP contribution is 2.30. The molecule has 0 aliphatic rings. The molecule has 1 N–H and O–H groups in total. The van der Waals surface area contributed by atoms with E-state index in [1.807, 2.05) is 0 Å². The molecule has 11 heteroatoms. The van der Waals surface area contributed by atoms with Gasteiger partial charge in [0.15, 0.2) is 0 Å². The van der Waals surface area contributed by atoms with E-state index in [2.05, 4.69) is 14.6 Å². The number of nitrogens with one attached hydrogen (secondary N) is 1. The predicted octanol–water partition coefficient (Wildman–Crippen LogP) is 3.26. The Hall–Kier alpha value is -3.11. The van der Waals surface area contributed by atoms with E-state index in [9.17, 15) is 17.6 Å². The van der Waals surface area contributed by atoms with E-state index in [0.29, 0.717) is 10.7 Å². The summed E-state index contributed by atoms with van der Waals surface area (Å²) >= 11 is 5.84. The van der Waals surface area contributed by atoms with Crippen LogP contribution < -0.4 is 9.46 Å². The lowest BCUT2D eigenvalue weighted by Gasteiger charge is -2.13. The number of esters is 1. The van der Waals surface area contributed by atoms with Crippen LogP contribution in [0.2, 0.25) is 5.02 Å². The lowest BCUT2D eigenvalue weighted by atomic mass is 10.2. The number of nitrogens with zero attached hydrogens (tertiary/aromatic N) is 2. The van der Waals surface area contributed by atoms with Crippen LogP contribution in [0.4, 0.5) is 10.1 Å². The van der Waals surface area contributed by atoms with Crippen molar-refractivity contribution < 1.29 is 27.1 Å². The van der Waals surface area contributed by atoms with E-state index in [1.54, 1.807) is 24.3 Å². The van der Waals surface area contributed by atoms with Gasteiger partial charge in [0, 0.05) is 11.1 Å². The van der Waals surface area contributed by atoms with Crippen LogP contribution in [0, 0.1) is 5.82 Å².